The van der Waals surface area contributed by atoms with Crippen LogP contribution < -0.4 is 4.90 Å². The molecule has 2 aromatic heterocycles. The Morgan fingerprint density at radius 3 is 2.02 bits per heavy atom. The zero-order valence-electron chi connectivity index (χ0n) is 28.9. The Bertz CT molecular complexity index is 3070. The normalized spacial score (nSPS) is 13.3. The van der Waals surface area contributed by atoms with Crippen LogP contribution in [0.4, 0.5) is 17.1 Å². The van der Waals surface area contributed by atoms with E-state index in [1.54, 1.807) is 0 Å². The van der Waals surface area contributed by atoms with E-state index in [-0.39, 0.29) is 5.41 Å². The van der Waals surface area contributed by atoms with Crippen molar-refractivity contribution in [2.24, 2.45) is 0 Å². The molecule has 1 aliphatic carbocycles. The molecule has 0 bridgehead atoms. The smallest absolute Gasteiger partial charge is 0.159 e. The molecule has 0 radical (unpaired) electrons. The molecule has 0 aliphatic heterocycles. The van der Waals surface area contributed by atoms with Gasteiger partial charge in [0.15, 0.2) is 5.58 Å². The van der Waals surface area contributed by atoms with Gasteiger partial charge in [0.1, 0.15) is 16.7 Å². The molecule has 11 rings (SSSR count). The Labute approximate surface area is 301 Å². The maximum Gasteiger partial charge on any atom is 0.159 e. The molecule has 0 amide bonds. The van der Waals surface area contributed by atoms with Gasteiger partial charge in [-0.3, -0.25) is 0 Å². The molecule has 0 spiro atoms. The number of anilines is 3. The van der Waals surface area contributed by atoms with Crippen LogP contribution in [-0.2, 0) is 5.41 Å². The second-order valence-corrected chi connectivity index (χ2v) is 14.5. The Hall–Kier alpha value is -6.58. The Kier molecular flexibility index (Phi) is 6.01. The molecule has 0 N–H and O–H groups in total. The third-order valence-corrected chi connectivity index (χ3v) is 11.3. The van der Waals surface area contributed by atoms with Crippen LogP contribution >= 0.6 is 0 Å². The SMILES string of the molecule is CC1(C)c2ccccc2-c2ccc(N(c3ccccc3-c3ccc4oc5c6ccccc6ccc5c4c3)c3cccc4c3oc3ccccc34)cc21. The van der Waals surface area contributed by atoms with E-state index in [9.17, 15) is 0 Å². The fourth-order valence-corrected chi connectivity index (χ4v) is 8.73. The first-order chi connectivity index (χ1) is 25.5. The summed E-state index contributed by atoms with van der Waals surface area (Å²) in [5.41, 5.74) is 14.1. The highest BCUT2D eigenvalue weighted by molar-refractivity contribution is 6.16. The third-order valence-electron chi connectivity index (χ3n) is 11.3. The van der Waals surface area contributed by atoms with Crippen LogP contribution in [0.15, 0.2) is 173 Å². The van der Waals surface area contributed by atoms with Crippen LogP contribution in [0.2, 0.25) is 0 Å². The molecule has 1 aliphatic rings. The summed E-state index contributed by atoms with van der Waals surface area (Å²) in [4.78, 5) is 2.39. The van der Waals surface area contributed by atoms with Crippen molar-refractivity contribution in [1.29, 1.82) is 0 Å². The third kappa shape index (κ3) is 4.08. The van der Waals surface area contributed by atoms with Crippen LogP contribution in [0, 0.1) is 0 Å². The van der Waals surface area contributed by atoms with E-state index < -0.39 is 0 Å². The number of hydrogen-bond acceptors (Lipinski definition) is 3. The van der Waals surface area contributed by atoms with E-state index in [0.29, 0.717) is 0 Å². The minimum Gasteiger partial charge on any atom is -0.455 e. The fourth-order valence-electron chi connectivity index (χ4n) is 8.73. The topological polar surface area (TPSA) is 29.5 Å². The van der Waals surface area contributed by atoms with Crippen molar-refractivity contribution >= 4 is 71.7 Å². The highest BCUT2D eigenvalue weighted by atomic mass is 16.3. The zero-order valence-corrected chi connectivity index (χ0v) is 28.9. The second kappa shape index (κ2) is 10.7. The molecule has 0 fully saturated rings. The highest BCUT2D eigenvalue weighted by Crippen LogP contribution is 2.52. The first-order valence-electron chi connectivity index (χ1n) is 17.9. The highest BCUT2D eigenvalue weighted by Gasteiger charge is 2.36. The maximum absolute atomic E-state index is 6.71. The van der Waals surface area contributed by atoms with Gasteiger partial charge in [0.05, 0.1) is 11.4 Å². The summed E-state index contributed by atoms with van der Waals surface area (Å²) in [5.74, 6) is 0. The van der Waals surface area contributed by atoms with E-state index in [4.69, 9.17) is 8.83 Å². The predicted octanol–water partition coefficient (Wildman–Crippen LogP) is 14.1. The van der Waals surface area contributed by atoms with Crippen LogP contribution in [0.3, 0.4) is 0 Å². The molecule has 8 aromatic carbocycles. The summed E-state index contributed by atoms with van der Waals surface area (Å²) in [6.45, 7) is 4.68. The molecule has 3 nitrogen and oxygen atoms in total. The average Bonchev–Trinajstić information content (AvgIpc) is 3.83. The first kappa shape index (κ1) is 29.2. The standard InChI is InChI=1S/C49H33NO2/c1-49(2)41-18-8-5-15-35(41)36-26-24-32(29-42(36)49)50(44-20-11-17-38-37-16-7-10-21-45(37)52-48(38)44)43-19-9-6-13-33(43)31-23-27-46-40(28-31)39-25-22-30-12-3-4-14-34(30)47(39)51-46/h3-29H,1-2H3. The summed E-state index contributed by atoms with van der Waals surface area (Å²) in [5, 5.41) is 6.75. The number of hydrogen-bond donors (Lipinski definition) is 0. The Balaban J connectivity index is 1.16. The molecule has 0 saturated heterocycles. The summed E-state index contributed by atoms with van der Waals surface area (Å²) in [6, 6.07) is 58.8. The van der Waals surface area contributed by atoms with Gasteiger partial charge in [0.25, 0.3) is 0 Å². The van der Waals surface area contributed by atoms with E-state index in [1.807, 2.05) is 6.07 Å². The van der Waals surface area contributed by atoms with Gasteiger partial charge in [0.2, 0.25) is 0 Å². The van der Waals surface area contributed by atoms with Gasteiger partial charge >= 0.3 is 0 Å². The van der Waals surface area contributed by atoms with Crippen molar-refractivity contribution < 1.29 is 8.83 Å². The minimum absolute atomic E-state index is 0.143. The predicted molar refractivity (Wildman–Crippen MR) is 216 cm³/mol. The average molecular weight is 668 g/mol. The molecular weight excluding hydrogens is 635 g/mol. The molecule has 0 saturated carbocycles. The number of fused-ring (bicyclic) bond motifs is 11. The van der Waals surface area contributed by atoms with Crippen LogP contribution in [0.5, 0.6) is 0 Å². The second-order valence-electron chi connectivity index (χ2n) is 14.5. The van der Waals surface area contributed by atoms with Crippen LogP contribution in [0.1, 0.15) is 25.0 Å². The lowest BCUT2D eigenvalue weighted by Crippen LogP contribution is -2.17. The number of furan rings is 2. The monoisotopic (exact) mass is 667 g/mol. The maximum atomic E-state index is 6.71. The van der Waals surface area contributed by atoms with Crippen molar-refractivity contribution in [1.82, 2.24) is 0 Å². The van der Waals surface area contributed by atoms with Crippen molar-refractivity contribution in [3.8, 4) is 22.3 Å². The fraction of sp³-hybridized carbons (Fsp3) is 0.0612. The van der Waals surface area contributed by atoms with Crippen molar-refractivity contribution in [2.45, 2.75) is 19.3 Å². The molecule has 3 heteroatoms. The lowest BCUT2D eigenvalue weighted by Gasteiger charge is -2.29. The largest absolute Gasteiger partial charge is 0.455 e. The number of rotatable bonds is 4. The quantitative estimate of drug-likeness (QED) is 0.187. The van der Waals surface area contributed by atoms with Crippen molar-refractivity contribution in [3.63, 3.8) is 0 Å². The van der Waals surface area contributed by atoms with Gasteiger partial charge in [-0.25, -0.2) is 0 Å². The van der Waals surface area contributed by atoms with Gasteiger partial charge in [-0.05, 0) is 81.7 Å². The molecule has 0 unspecified atom stereocenters. The van der Waals surface area contributed by atoms with Gasteiger partial charge in [-0.2, -0.15) is 0 Å². The molecule has 10 aromatic rings. The lowest BCUT2D eigenvalue weighted by molar-refractivity contribution is 0.660. The van der Waals surface area contributed by atoms with E-state index in [0.717, 1.165) is 77.5 Å². The van der Waals surface area contributed by atoms with E-state index >= 15 is 0 Å². The molecule has 52 heavy (non-hydrogen) atoms. The van der Waals surface area contributed by atoms with E-state index in [1.165, 1.54) is 27.6 Å². The lowest BCUT2D eigenvalue weighted by atomic mass is 9.82. The first-order valence-corrected chi connectivity index (χ1v) is 17.9. The zero-order chi connectivity index (χ0) is 34.6. The van der Waals surface area contributed by atoms with Crippen molar-refractivity contribution in [3.05, 3.63) is 175 Å². The number of benzene rings is 8. The van der Waals surface area contributed by atoms with Crippen LogP contribution in [-0.4, -0.2) is 0 Å². The molecular formula is C49H33NO2. The van der Waals surface area contributed by atoms with Gasteiger partial charge in [0, 0.05) is 43.6 Å². The summed E-state index contributed by atoms with van der Waals surface area (Å²) in [6.07, 6.45) is 0. The number of nitrogens with zero attached hydrogens (tertiary/aromatic N) is 1. The van der Waals surface area contributed by atoms with Gasteiger partial charge in [-0.15, -0.1) is 0 Å². The van der Waals surface area contributed by atoms with Crippen molar-refractivity contribution in [2.75, 3.05) is 4.90 Å². The van der Waals surface area contributed by atoms with Gasteiger partial charge in [-0.1, -0.05) is 129 Å². The Morgan fingerprint density at radius 1 is 0.423 bits per heavy atom. The number of para-hydroxylation sites is 3. The summed E-state index contributed by atoms with van der Waals surface area (Å²) < 4.78 is 13.2. The molecule has 246 valence electrons. The van der Waals surface area contributed by atoms with Gasteiger partial charge < -0.3 is 13.7 Å². The minimum atomic E-state index is -0.143. The summed E-state index contributed by atoms with van der Waals surface area (Å²) in [7, 11) is 0. The molecule has 2 heterocycles. The summed E-state index contributed by atoms with van der Waals surface area (Å²) >= 11 is 0. The van der Waals surface area contributed by atoms with Crippen LogP contribution in [0.25, 0.3) is 76.9 Å². The molecule has 0 atom stereocenters. The Morgan fingerprint density at radius 2 is 1.10 bits per heavy atom. The van der Waals surface area contributed by atoms with E-state index in [2.05, 4.69) is 176 Å².